The van der Waals surface area contributed by atoms with Gasteiger partial charge < -0.3 is 5.32 Å². The Balaban J connectivity index is 2.00. The molecule has 1 saturated heterocycles. The van der Waals surface area contributed by atoms with Gasteiger partial charge in [-0.2, -0.15) is 4.31 Å². The number of carbonyl (C=O) groups excluding carboxylic acids is 1. The third kappa shape index (κ3) is 3.68. The van der Waals surface area contributed by atoms with Crippen LogP contribution in [-0.2, 0) is 14.8 Å². The molecule has 0 aromatic heterocycles. The maximum atomic E-state index is 11.8. The zero-order chi connectivity index (χ0) is 13.9. The highest BCUT2D eigenvalue weighted by molar-refractivity contribution is 7.89. The van der Waals surface area contributed by atoms with Crippen molar-refractivity contribution < 1.29 is 13.2 Å². The normalized spacial score (nSPS) is 19.0. The molecule has 1 heterocycles. The van der Waals surface area contributed by atoms with E-state index in [1.54, 1.807) is 24.3 Å². The number of halogens is 1. The molecule has 0 bridgehead atoms. The summed E-state index contributed by atoms with van der Waals surface area (Å²) >= 11 is 5.92. The molecule has 19 heavy (non-hydrogen) atoms. The van der Waals surface area contributed by atoms with Crippen LogP contribution in [0.5, 0.6) is 0 Å². The highest BCUT2D eigenvalue weighted by atomic mass is 35.5. The van der Waals surface area contributed by atoms with Gasteiger partial charge in [0, 0.05) is 6.54 Å². The largest absolute Gasteiger partial charge is 0.324 e. The van der Waals surface area contributed by atoms with E-state index in [1.165, 1.54) is 4.31 Å². The smallest absolute Gasteiger partial charge is 0.239 e. The number of hydrogen-bond acceptors (Lipinski definition) is 3. The van der Waals surface area contributed by atoms with Gasteiger partial charge in [0.2, 0.25) is 15.9 Å². The Kier molecular flexibility index (Phi) is 4.44. The fraction of sp³-hybridized carbons (Fsp3) is 0.417. The second kappa shape index (κ2) is 5.90. The first kappa shape index (κ1) is 14.3. The first-order valence-corrected chi connectivity index (χ1v) is 8.00. The van der Waals surface area contributed by atoms with E-state index in [-0.39, 0.29) is 18.2 Å². The average Bonchev–Trinajstić information content (AvgIpc) is 2.35. The molecule has 0 aliphatic carbocycles. The zero-order valence-corrected chi connectivity index (χ0v) is 11.9. The molecular weight excluding hydrogens is 288 g/mol. The van der Waals surface area contributed by atoms with Crippen LogP contribution in [0.2, 0.25) is 5.02 Å². The lowest BCUT2D eigenvalue weighted by molar-refractivity contribution is -0.116. The van der Waals surface area contributed by atoms with Gasteiger partial charge in [-0.15, -0.1) is 0 Å². The number of nitrogens with zero attached hydrogens (tertiary/aromatic N) is 1. The van der Waals surface area contributed by atoms with Crippen molar-refractivity contribution in [3.05, 3.63) is 29.3 Å². The first-order valence-electron chi connectivity index (χ1n) is 6.01. The summed E-state index contributed by atoms with van der Waals surface area (Å²) in [5, 5.41) is 3.05. The van der Waals surface area contributed by atoms with Crippen molar-refractivity contribution in [2.45, 2.75) is 12.8 Å². The van der Waals surface area contributed by atoms with Crippen LogP contribution in [-0.4, -0.2) is 37.5 Å². The molecule has 0 unspecified atom stereocenters. The van der Waals surface area contributed by atoms with Crippen LogP contribution in [0.25, 0.3) is 0 Å². The van der Waals surface area contributed by atoms with Gasteiger partial charge >= 0.3 is 0 Å². The van der Waals surface area contributed by atoms with Gasteiger partial charge in [-0.1, -0.05) is 23.7 Å². The minimum atomic E-state index is -3.28. The van der Waals surface area contributed by atoms with Crippen LogP contribution < -0.4 is 5.32 Å². The van der Waals surface area contributed by atoms with Crippen molar-refractivity contribution >= 4 is 33.2 Å². The Labute approximate surface area is 117 Å². The number of nitrogens with one attached hydrogen (secondary N) is 1. The van der Waals surface area contributed by atoms with E-state index < -0.39 is 10.0 Å². The van der Waals surface area contributed by atoms with Crippen molar-refractivity contribution in [1.82, 2.24) is 4.31 Å². The van der Waals surface area contributed by atoms with E-state index in [2.05, 4.69) is 5.32 Å². The molecule has 0 atom stereocenters. The van der Waals surface area contributed by atoms with Crippen molar-refractivity contribution in [2.75, 3.05) is 24.2 Å². The van der Waals surface area contributed by atoms with Gasteiger partial charge in [0.25, 0.3) is 0 Å². The molecular formula is C12H15ClN2O3S. The molecule has 0 spiro atoms. The number of anilines is 1. The molecule has 1 aromatic carbocycles. The van der Waals surface area contributed by atoms with E-state index >= 15 is 0 Å². The quantitative estimate of drug-likeness (QED) is 0.924. The molecule has 1 aromatic rings. The highest BCUT2D eigenvalue weighted by Gasteiger charge is 2.27. The van der Waals surface area contributed by atoms with Crippen molar-refractivity contribution in [2.24, 2.45) is 0 Å². The Morgan fingerprint density at radius 3 is 2.74 bits per heavy atom. The molecule has 104 valence electrons. The lowest BCUT2D eigenvalue weighted by Crippen LogP contribution is -2.42. The fourth-order valence-electron chi connectivity index (χ4n) is 1.93. The third-order valence-electron chi connectivity index (χ3n) is 2.92. The topological polar surface area (TPSA) is 66.5 Å². The lowest BCUT2D eigenvalue weighted by Gasteiger charge is -2.25. The summed E-state index contributed by atoms with van der Waals surface area (Å²) in [6.45, 7) is 0.242. The summed E-state index contributed by atoms with van der Waals surface area (Å²) in [5.41, 5.74) is 0.489. The maximum Gasteiger partial charge on any atom is 0.239 e. The third-order valence-corrected chi connectivity index (χ3v) is 5.15. The number of para-hydroxylation sites is 1. The molecule has 1 fully saturated rings. The number of rotatable bonds is 3. The van der Waals surface area contributed by atoms with E-state index in [0.29, 0.717) is 23.7 Å². The van der Waals surface area contributed by atoms with E-state index in [0.717, 1.165) is 6.42 Å². The predicted octanol–water partition coefficient (Wildman–Crippen LogP) is 1.70. The summed E-state index contributed by atoms with van der Waals surface area (Å²) in [6, 6.07) is 6.84. The van der Waals surface area contributed by atoms with Gasteiger partial charge in [-0.05, 0) is 25.0 Å². The molecule has 1 aliphatic heterocycles. The molecule has 1 amide bonds. The molecule has 5 nitrogen and oxygen atoms in total. The van der Waals surface area contributed by atoms with Crippen LogP contribution in [0.15, 0.2) is 24.3 Å². The summed E-state index contributed by atoms with van der Waals surface area (Å²) in [4.78, 5) is 11.8. The molecule has 7 heteroatoms. The summed E-state index contributed by atoms with van der Waals surface area (Å²) in [6.07, 6.45) is 1.45. The van der Waals surface area contributed by atoms with E-state index in [9.17, 15) is 13.2 Å². The molecule has 1 aliphatic rings. The number of carbonyl (C=O) groups is 1. The van der Waals surface area contributed by atoms with Gasteiger partial charge in [0.1, 0.15) is 0 Å². The van der Waals surface area contributed by atoms with Gasteiger partial charge in [0.15, 0.2) is 0 Å². The standard InChI is InChI=1S/C12H15ClN2O3S/c13-10-5-1-2-6-11(10)14-12(16)9-15-7-3-4-8-19(15,17)18/h1-2,5-6H,3-4,7-9H2,(H,14,16). The fourth-order valence-corrected chi connectivity index (χ4v) is 3.66. The number of benzene rings is 1. The highest BCUT2D eigenvalue weighted by Crippen LogP contribution is 2.20. The first-order chi connectivity index (χ1) is 8.99. The monoisotopic (exact) mass is 302 g/mol. The van der Waals surface area contributed by atoms with E-state index in [1.807, 2.05) is 0 Å². The average molecular weight is 303 g/mol. The van der Waals surface area contributed by atoms with Crippen LogP contribution >= 0.6 is 11.6 Å². The van der Waals surface area contributed by atoms with Crippen molar-refractivity contribution in [3.8, 4) is 0 Å². The van der Waals surface area contributed by atoms with Gasteiger partial charge in [-0.25, -0.2) is 8.42 Å². The van der Waals surface area contributed by atoms with Crippen LogP contribution in [0.1, 0.15) is 12.8 Å². The summed E-state index contributed by atoms with van der Waals surface area (Å²) in [5.74, 6) is -0.259. The van der Waals surface area contributed by atoms with E-state index in [4.69, 9.17) is 11.6 Å². The van der Waals surface area contributed by atoms with Crippen LogP contribution in [0.4, 0.5) is 5.69 Å². The second-order valence-electron chi connectivity index (χ2n) is 4.38. The number of sulfonamides is 1. The minimum absolute atomic E-state index is 0.117. The molecule has 1 N–H and O–H groups in total. The molecule has 0 radical (unpaired) electrons. The minimum Gasteiger partial charge on any atom is -0.324 e. The molecule has 2 rings (SSSR count). The SMILES string of the molecule is O=C(CN1CCCCS1(=O)=O)Nc1ccccc1Cl. The Hall–Kier alpha value is -1.11. The maximum absolute atomic E-state index is 11.8. The van der Waals surface area contributed by atoms with Gasteiger partial charge in [0.05, 0.1) is 23.0 Å². The number of hydrogen-bond donors (Lipinski definition) is 1. The second-order valence-corrected chi connectivity index (χ2v) is 6.88. The molecule has 0 saturated carbocycles. The Morgan fingerprint density at radius 2 is 2.05 bits per heavy atom. The van der Waals surface area contributed by atoms with Crippen molar-refractivity contribution in [3.63, 3.8) is 0 Å². The van der Waals surface area contributed by atoms with Crippen LogP contribution in [0, 0.1) is 0 Å². The summed E-state index contributed by atoms with van der Waals surface area (Å²) < 4.78 is 24.7. The Morgan fingerprint density at radius 1 is 1.32 bits per heavy atom. The Bertz CT molecular complexity index is 574. The summed E-state index contributed by atoms with van der Waals surface area (Å²) in [7, 11) is -3.28. The predicted molar refractivity (Wildman–Crippen MR) is 74.7 cm³/mol. The van der Waals surface area contributed by atoms with Crippen LogP contribution in [0.3, 0.4) is 0 Å². The lowest BCUT2D eigenvalue weighted by atomic mass is 10.3. The van der Waals surface area contributed by atoms with Gasteiger partial charge in [-0.3, -0.25) is 4.79 Å². The van der Waals surface area contributed by atoms with Crippen molar-refractivity contribution in [1.29, 1.82) is 0 Å². The number of amides is 1. The zero-order valence-electron chi connectivity index (χ0n) is 10.3.